The lowest BCUT2D eigenvalue weighted by Gasteiger charge is -2.44. The zero-order valence-corrected chi connectivity index (χ0v) is 27.5. The summed E-state index contributed by atoms with van der Waals surface area (Å²) in [5.74, 6) is 1.66. The molecule has 1 unspecified atom stereocenters. The monoisotopic (exact) mass is 656 g/mol. The Kier molecular flexibility index (Phi) is 9.47. The maximum atomic E-state index is 11.4. The highest BCUT2D eigenvalue weighted by atomic mass is 16.5. The lowest BCUT2D eigenvalue weighted by Crippen LogP contribution is -2.43. The largest absolute Gasteiger partial charge is 0.381 e. The molecule has 12 nitrogen and oxygen atoms in total. The average molecular weight is 657 g/mol. The van der Waals surface area contributed by atoms with E-state index in [-0.39, 0.29) is 0 Å². The Morgan fingerprint density at radius 3 is 2.39 bits per heavy atom. The smallest absolute Gasteiger partial charge is 0.229 e. The first-order valence-electron chi connectivity index (χ1n) is 16.7. The molecule has 0 amide bonds. The molecule has 3 aromatic heterocycles. The van der Waals surface area contributed by atoms with Crippen LogP contribution < -0.4 is 20.4 Å². The molecule has 0 bridgehead atoms. The minimum absolute atomic E-state index is 0.340. The summed E-state index contributed by atoms with van der Waals surface area (Å²) in [7, 11) is 1.88. The van der Waals surface area contributed by atoms with Gasteiger partial charge >= 0.3 is 0 Å². The van der Waals surface area contributed by atoms with Gasteiger partial charge in [-0.1, -0.05) is 30.3 Å². The molecule has 1 atom stereocenters. The van der Waals surface area contributed by atoms with Crippen molar-refractivity contribution in [2.24, 2.45) is 12.5 Å². The third-order valence-electron chi connectivity index (χ3n) is 9.58. The fraction of sp³-hybridized carbons (Fsp3) is 0.324. The number of aryl methyl sites for hydroxylation is 1. The number of pyridine rings is 1. The topological polar surface area (TPSA) is 140 Å². The Hall–Kier alpha value is -5.35. The highest BCUT2D eigenvalue weighted by Crippen LogP contribution is 2.41. The molecule has 2 aromatic carbocycles. The summed E-state index contributed by atoms with van der Waals surface area (Å²) in [6.45, 7) is 3.84. The number of hydrogen-bond donors (Lipinski definition) is 3. The number of aliphatic hydroxyl groups is 1. The van der Waals surface area contributed by atoms with Crippen LogP contribution >= 0.6 is 0 Å². The van der Waals surface area contributed by atoms with Gasteiger partial charge in [0.2, 0.25) is 5.95 Å². The summed E-state index contributed by atoms with van der Waals surface area (Å²) in [5.41, 5.74) is 5.25. The zero-order valence-electron chi connectivity index (χ0n) is 27.5. The van der Waals surface area contributed by atoms with E-state index in [1.807, 2.05) is 80.0 Å². The lowest BCUT2D eigenvalue weighted by atomic mass is 9.72. The van der Waals surface area contributed by atoms with E-state index in [9.17, 15) is 10.4 Å². The molecule has 5 heterocycles. The molecular weight excluding hydrogens is 616 g/mol. The Balaban J connectivity index is 1.09. The third-order valence-corrected chi connectivity index (χ3v) is 9.58. The van der Waals surface area contributed by atoms with Gasteiger partial charge in [0, 0.05) is 74.8 Å². The van der Waals surface area contributed by atoms with Gasteiger partial charge in [0.25, 0.3) is 0 Å². The van der Waals surface area contributed by atoms with Crippen LogP contribution in [0.5, 0.6) is 0 Å². The fourth-order valence-corrected chi connectivity index (χ4v) is 6.65. The SMILES string of the molecule is Cn1cc(-c2ccc(N(c3ccc(Nc4ncc(C#N)c(N5CCC6(CCOCC6)CC5)n4)cc3)C(O)NCc3ccccc3)nc2)cn1. The van der Waals surface area contributed by atoms with E-state index in [0.717, 1.165) is 80.1 Å². The van der Waals surface area contributed by atoms with Crippen molar-refractivity contribution in [3.05, 3.63) is 103 Å². The maximum absolute atomic E-state index is 11.4. The summed E-state index contributed by atoms with van der Waals surface area (Å²) in [6, 6.07) is 23.7. The lowest BCUT2D eigenvalue weighted by molar-refractivity contribution is 0.00205. The van der Waals surface area contributed by atoms with Crippen molar-refractivity contribution < 1.29 is 9.84 Å². The number of hydrogen-bond acceptors (Lipinski definition) is 11. The quantitative estimate of drug-likeness (QED) is 0.165. The van der Waals surface area contributed by atoms with Crippen LogP contribution in [0.3, 0.4) is 0 Å². The fourth-order valence-electron chi connectivity index (χ4n) is 6.65. The van der Waals surface area contributed by atoms with Crippen LogP contribution in [0.25, 0.3) is 11.1 Å². The predicted octanol–water partition coefficient (Wildman–Crippen LogP) is 5.49. The van der Waals surface area contributed by atoms with Crippen LogP contribution in [0.1, 0.15) is 36.8 Å². The zero-order chi connectivity index (χ0) is 33.6. The molecular formula is C37H40N10O2. The molecule has 2 saturated heterocycles. The minimum Gasteiger partial charge on any atom is -0.381 e. The van der Waals surface area contributed by atoms with E-state index in [4.69, 9.17) is 14.7 Å². The van der Waals surface area contributed by atoms with Crippen molar-refractivity contribution in [1.82, 2.24) is 30.0 Å². The van der Waals surface area contributed by atoms with Gasteiger partial charge in [-0.3, -0.25) is 14.9 Å². The van der Waals surface area contributed by atoms with E-state index < -0.39 is 6.35 Å². The third kappa shape index (κ3) is 7.39. The number of nitrogens with one attached hydrogen (secondary N) is 2. The number of ether oxygens (including phenoxy) is 1. The van der Waals surface area contributed by atoms with Gasteiger partial charge in [-0.15, -0.1) is 0 Å². The number of rotatable bonds is 10. The summed E-state index contributed by atoms with van der Waals surface area (Å²) < 4.78 is 7.36. The van der Waals surface area contributed by atoms with Crippen LogP contribution in [-0.2, 0) is 18.3 Å². The molecule has 0 saturated carbocycles. The molecule has 2 aliphatic rings. The first-order chi connectivity index (χ1) is 24.0. The van der Waals surface area contributed by atoms with E-state index in [1.54, 1.807) is 28.2 Å². The van der Waals surface area contributed by atoms with E-state index in [2.05, 4.69) is 31.7 Å². The second-order valence-electron chi connectivity index (χ2n) is 12.7. The minimum atomic E-state index is -1.06. The highest BCUT2D eigenvalue weighted by Gasteiger charge is 2.37. The van der Waals surface area contributed by atoms with E-state index in [0.29, 0.717) is 35.1 Å². The molecule has 3 N–H and O–H groups in total. The van der Waals surface area contributed by atoms with Gasteiger partial charge in [-0.25, -0.2) is 9.97 Å². The molecule has 49 heavy (non-hydrogen) atoms. The number of nitrogens with zero attached hydrogens (tertiary/aromatic N) is 8. The number of aromatic nitrogens is 5. The Labute approximate surface area is 286 Å². The van der Waals surface area contributed by atoms with Crippen LogP contribution in [-0.4, -0.2) is 62.5 Å². The summed E-state index contributed by atoms with van der Waals surface area (Å²) in [4.78, 5) is 17.9. The van der Waals surface area contributed by atoms with E-state index >= 15 is 0 Å². The molecule has 2 aliphatic heterocycles. The van der Waals surface area contributed by atoms with Crippen molar-refractivity contribution >= 4 is 29.0 Å². The summed E-state index contributed by atoms with van der Waals surface area (Å²) in [6.07, 6.45) is 10.4. The summed E-state index contributed by atoms with van der Waals surface area (Å²) >= 11 is 0. The standard InChI is InChI=1S/C37H40N10O2/c1-45-26-30(25-42-45)28-7-12-33(39-23-28)47(36(48)41-22-27-5-3-2-4-6-27)32-10-8-31(9-11-32)43-35-40-24-29(21-38)34(44-35)46-17-13-37(14-18-46)15-19-49-20-16-37/h2-12,23-26,36,41,48H,13-20,22H2,1H3,(H,40,43,44). The second-order valence-corrected chi connectivity index (χ2v) is 12.7. The predicted molar refractivity (Wildman–Crippen MR) is 188 cm³/mol. The van der Waals surface area contributed by atoms with Gasteiger partial charge in [0.05, 0.1) is 12.4 Å². The first-order valence-corrected chi connectivity index (χ1v) is 16.7. The van der Waals surface area contributed by atoms with Crippen molar-refractivity contribution in [2.45, 2.75) is 38.6 Å². The van der Waals surface area contributed by atoms with Crippen molar-refractivity contribution in [2.75, 3.05) is 41.4 Å². The highest BCUT2D eigenvalue weighted by molar-refractivity contribution is 5.68. The number of nitriles is 1. The maximum Gasteiger partial charge on any atom is 0.229 e. The molecule has 2 fully saturated rings. The van der Waals surface area contributed by atoms with Gasteiger partial charge in [0.1, 0.15) is 17.5 Å². The number of piperidine rings is 1. The average Bonchev–Trinajstić information content (AvgIpc) is 3.59. The van der Waals surface area contributed by atoms with Crippen LogP contribution in [0.4, 0.5) is 29.0 Å². The van der Waals surface area contributed by atoms with Gasteiger partial charge in [0.15, 0.2) is 12.2 Å². The van der Waals surface area contributed by atoms with Crippen molar-refractivity contribution in [1.29, 1.82) is 5.26 Å². The number of aliphatic hydroxyl groups excluding tert-OH is 1. The number of anilines is 5. The molecule has 250 valence electrons. The second kappa shape index (κ2) is 14.4. The van der Waals surface area contributed by atoms with Crippen LogP contribution in [0.2, 0.25) is 0 Å². The molecule has 12 heteroatoms. The Morgan fingerprint density at radius 2 is 1.71 bits per heavy atom. The molecule has 7 rings (SSSR count). The van der Waals surface area contributed by atoms with Gasteiger partial charge in [-0.2, -0.15) is 15.3 Å². The van der Waals surface area contributed by atoms with E-state index in [1.165, 1.54) is 0 Å². The first kappa shape index (κ1) is 32.2. The molecule has 5 aromatic rings. The van der Waals surface area contributed by atoms with Crippen LogP contribution in [0, 0.1) is 16.7 Å². The van der Waals surface area contributed by atoms with Crippen molar-refractivity contribution in [3.63, 3.8) is 0 Å². The molecule has 0 radical (unpaired) electrons. The Bertz CT molecular complexity index is 1870. The normalized spacial score (nSPS) is 16.2. The van der Waals surface area contributed by atoms with Crippen molar-refractivity contribution in [3.8, 4) is 17.2 Å². The molecule has 1 spiro atoms. The molecule has 0 aliphatic carbocycles. The van der Waals surface area contributed by atoms with Crippen LogP contribution in [0.15, 0.2) is 91.5 Å². The number of benzene rings is 2. The van der Waals surface area contributed by atoms with Gasteiger partial charge < -0.3 is 20.1 Å². The Morgan fingerprint density at radius 1 is 0.939 bits per heavy atom. The van der Waals surface area contributed by atoms with Gasteiger partial charge in [-0.05, 0) is 73.1 Å². The summed E-state index contributed by atoms with van der Waals surface area (Å²) in [5, 5.41) is 32.1.